The Labute approximate surface area is 124 Å². The van der Waals surface area contributed by atoms with Crippen LogP contribution in [0, 0.1) is 0 Å². The van der Waals surface area contributed by atoms with Crippen LogP contribution in [0.2, 0.25) is 0 Å². The number of nitrogens with one attached hydrogen (secondary N) is 1. The molecule has 0 amide bonds. The van der Waals surface area contributed by atoms with Crippen molar-refractivity contribution in [2.45, 2.75) is 44.2 Å². The average molecular weight is 296 g/mol. The first kappa shape index (κ1) is 14.4. The van der Waals surface area contributed by atoms with E-state index < -0.39 is 0 Å². The van der Waals surface area contributed by atoms with Crippen molar-refractivity contribution in [3.8, 4) is 0 Å². The fraction of sp³-hybridized carbons (Fsp3) is 0.857. The Bertz CT molecular complexity index is 419. The quantitative estimate of drug-likeness (QED) is 0.915. The molecular weight excluding hydrogens is 272 g/mol. The zero-order valence-corrected chi connectivity index (χ0v) is 13.0. The highest BCUT2D eigenvalue weighted by molar-refractivity contribution is 7.99. The molecule has 0 bridgehead atoms. The van der Waals surface area contributed by atoms with Crippen molar-refractivity contribution in [2.24, 2.45) is 0 Å². The minimum Gasteiger partial charge on any atom is -0.339 e. The first-order valence-corrected chi connectivity index (χ1v) is 8.82. The molecule has 2 unspecified atom stereocenters. The lowest BCUT2D eigenvalue weighted by atomic mass is 10.0. The first-order valence-electron chi connectivity index (χ1n) is 7.67. The third-order valence-electron chi connectivity index (χ3n) is 4.30. The summed E-state index contributed by atoms with van der Waals surface area (Å²) in [6, 6.07) is 0.950. The van der Waals surface area contributed by atoms with Gasteiger partial charge < -0.3 is 9.84 Å². The van der Waals surface area contributed by atoms with Gasteiger partial charge in [0.25, 0.3) is 0 Å². The number of piperidine rings is 1. The van der Waals surface area contributed by atoms with Crippen LogP contribution in [0.4, 0.5) is 0 Å². The normalized spacial score (nSPS) is 28.6. The Kier molecular flexibility index (Phi) is 4.96. The molecule has 20 heavy (non-hydrogen) atoms. The van der Waals surface area contributed by atoms with E-state index >= 15 is 0 Å². The summed E-state index contributed by atoms with van der Waals surface area (Å²) in [5, 5.41) is 7.76. The van der Waals surface area contributed by atoms with E-state index in [0.29, 0.717) is 12.1 Å². The van der Waals surface area contributed by atoms with Crippen molar-refractivity contribution in [1.29, 1.82) is 0 Å². The van der Waals surface area contributed by atoms with Crippen LogP contribution in [-0.4, -0.2) is 52.7 Å². The van der Waals surface area contributed by atoms with Crippen molar-refractivity contribution >= 4 is 11.8 Å². The third-order valence-corrected chi connectivity index (χ3v) is 5.32. The second-order valence-corrected chi connectivity index (χ2v) is 6.95. The maximum absolute atomic E-state index is 5.43. The monoisotopic (exact) mass is 296 g/mol. The second kappa shape index (κ2) is 6.91. The molecule has 2 aliphatic rings. The number of aromatic nitrogens is 2. The van der Waals surface area contributed by atoms with Crippen molar-refractivity contribution in [3.05, 3.63) is 11.7 Å². The summed E-state index contributed by atoms with van der Waals surface area (Å²) in [5.41, 5.74) is 0. The first-order chi connectivity index (χ1) is 9.83. The van der Waals surface area contributed by atoms with Gasteiger partial charge in [-0.1, -0.05) is 11.6 Å². The van der Waals surface area contributed by atoms with Crippen LogP contribution in [0.15, 0.2) is 4.52 Å². The zero-order valence-electron chi connectivity index (χ0n) is 12.2. The molecule has 2 fully saturated rings. The number of thioether (sulfide) groups is 1. The molecule has 3 heterocycles. The van der Waals surface area contributed by atoms with E-state index in [0.717, 1.165) is 43.4 Å². The number of hydrogen-bond acceptors (Lipinski definition) is 6. The zero-order chi connectivity index (χ0) is 13.8. The summed E-state index contributed by atoms with van der Waals surface area (Å²) in [7, 11) is 2.15. The molecule has 3 rings (SSSR count). The van der Waals surface area contributed by atoms with Crippen LogP contribution in [0.3, 0.4) is 0 Å². The predicted octanol–water partition coefficient (Wildman–Crippen LogP) is 1.86. The highest BCUT2D eigenvalue weighted by Crippen LogP contribution is 2.26. The number of hydrogen-bond donors (Lipinski definition) is 1. The molecule has 112 valence electrons. The minimum atomic E-state index is 0.319. The van der Waals surface area contributed by atoms with Crippen LogP contribution in [0.5, 0.6) is 0 Å². The van der Waals surface area contributed by atoms with Crippen molar-refractivity contribution in [3.63, 3.8) is 0 Å². The van der Waals surface area contributed by atoms with E-state index in [1.807, 2.05) is 11.8 Å². The van der Waals surface area contributed by atoms with Crippen LogP contribution in [0.1, 0.15) is 43.4 Å². The molecule has 2 atom stereocenters. The maximum Gasteiger partial charge on any atom is 0.226 e. The molecule has 1 aromatic rings. The number of rotatable bonds is 4. The van der Waals surface area contributed by atoms with Gasteiger partial charge in [-0.15, -0.1) is 0 Å². The summed E-state index contributed by atoms with van der Waals surface area (Å²) in [6.07, 6.45) is 5.94. The lowest BCUT2D eigenvalue weighted by Gasteiger charge is -2.29. The maximum atomic E-state index is 5.43. The van der Waals surface area contributed by atoms with Crippen LogP contribution >= 0.6 is 11.8 Å². The highest BCUT2D eigenvalue weighted by Gasteiger charge is 2.25. The van der Waals surface area contributed by atoms with E-state index in [1.54, 1.807) is 0 Å². The topological polar surface area (TPSA) is 54.2 Å². The van der Waals surface area contributed by atoms with E-state index in [4.69, 9.17) is 4.52 Å². The van der Waals surface area contributed by atoms with E-state index in [1.165, 1.54) is 25.0 Å². The van der Waals surface area contributed by atoms with E-state index in [-0.39, 0.29) is 0 Å². The second-order valence-electron chi connectivity index (χ2n) is 5.80. The van der Waals surface area contributed by atoms with Crippen molar-refractivity contribution in [2.75, 3.05) is 31.6 Å². The van der Waals surface area contributed by atoms with Gasteiger partial charge in [0.1, 0.15) is 0 Å². The Hall–Kier alpha value is -0.590. The van der Waals surface area contributed by atoms with Crippen LogP contribution < -0.4 is 5.32 Å². The molecule has 0 radical (unpaired) electrons. The van der Waals surface area contributed by atoms with Crippen LogP contribution in [-0.2, 0) is 6.42 Å². The molecular formula is C14H24N4OS. The third kappa shape index (κ3) is 3.54. The van der Waals surface area contributed by atoms with E-state index in [9.17, 15) is 0 Å². The highest BCUT2D eigenvalue weighted by atomic mass is 32.2. The molecule has 1 aromatic heterocycles. The average Bonchev–Trinajstić information content (AvgIpc) is 2.95. The van der Waals surface area contributed by atoms with Gasteiger partial charge in [-0.05, 0) is 32.9 Å². The Morgan fingerprint density at radius 3 is 3.20 bits per heavy atom. The molecule has 0 spiro atoms. The summed E-state index contributed by atoms with van der Waals surface area (Å²) in [5.74, 6) is 3.94. The van der Waals surface area contributed by atoms with Crippen molar-refractivity contribution in [1.82, 2.24) is 20.4 Å². The lowest BCUT2D eigenvalue weighted by molar-refractivity contribution is 0.256. The summed E-state index contributed by atoms with van der Waals surface area (Å²) in [4.78, 5) is 6.94. The Balaban J connectivity index is 1.53. The lowest BCUT2D eigenvalue weighted by Crippen LogP contribution is -2.34. The fourth-order valence-electron chi connectivity index (χ4n) is 2.93. The van der Waals surface area contributed by atoms with Gasteiger partial charge in [-0.3, -0.25) is 4.90 Å². The van der Waals surface area contributed by atoms with Crippen molar-refractivity contribution < 1.29 is 4.52 Å². The Morgan fingerprint density at radius 1 is 1.45 bits per heavy atom. The number of nitrogens with zero attached hydrogens (tertiary/aromatic N) is 3. The number of aryl methyl sites for hydroxylation is 1. The fourth-order valence-corrected chi connectivity index (χ4v) is 4.14. The summed E-state index contributed by atoms with van der Waals surface area (Å²) >= 11 is 1.97. The molecule has 2 aliphatic heterocycles. The minimum absolute atomic E-state index is 0.319. The van der Waals surface area contributed by atoms with Gasteiger partial charge in [0.05, 0.1) is 6.04 Å². The van der Waals surface area contributed by atoms with Gasteiger partial charge in [0.2, 0.25) is 5.89 Å². The molecule has 2 saturated heterocycles. The standard InChI is InChI=1S/C14H24N4OS/c1-18-8-9-20-10-12(18)14-16-13(19-17-14)6-5-11-4-2-3-7-15-11/h11-12,15H,2-10H2,1H3. The molecule has 0 aliphatic carbocycles. The Morgan fingerprint density at radius 2 is 2.40 bits per heavy atom. The smallest absolute Gasteiger partial charge is 0.226 e. The SMILES string of the molecule is CN1CCSCC1c1noc(CCC2CCCCN2)n1. The van der Waals surface area contributed by atoms with Gasteiger partial charge in [0.15, 0.2) is 5.82 Å². The molecule has 1 N–H and O–H groups in total. The molecule has 5 nitrogen and oxygen atoms in total. The predicted molar refractivity (Wildman–Crippen MR) is 81.0 cm³/mol. The summed E-state index contributed by atoms with van der Waals surface area (Å²) in [6.45, 7) is 2.26. The van der Waals surface area contributed by atoms with Gasteiger partial charge in [-0.25, -0.2) is 0 Å². The van der Waals surface area contributed by atoms with Crippen LogP contribution in [0.25, 0.3) is 0 Å². The van der Waals surface area contributed by atoms with Gasteiger partial charge >= 0.3 is 0 Å². The molecule has 6 heteroatoms. The largest absolute Gasteiger partial charge is 0.339 e. The van der Waals surface area contributed by atoms with Gasteiger partial charge in [-0.2, -0.15) is 16.7 Å². The van der Waals surface area contributed by atoms with E-state index in [2.05, 4.69) is 27.4 Å². The van der Waals surface area contributed by atoms with Gasteiger partial charge in [0, 0.05) is 30.5 Å². The molecule has 0 saturated carbocycles. The molecule has 0 aromatic carbocycles. The summed E-state index contributed by atoms with van der Waals surface area (Å²) < 4.78 is 5.43.